The highest BCUT2D eigenvalue weighted by Gasteiger charge is 2.30. The van der Waals surface area contributed by atoms with Crippen molar-refractivity contribution in [1.29, 1.82) is 0 Å². The number of rotatable bonds is 17. The average Bonchev–Trinajstić information content (AvgIpc) is 2.63. The van der Waals surface area contributed by atoms with Crippen LogP contribution in [-0.4, -0.2) is 21.3 Å². The largest absolute Gasteiger partial charge is 0.394 e. The summed E-state index contributed by atoms with van der Waals surface area (Å²) in [5.74, 6) is 6.82. The Bertz CT molecular complexity index is 447. The molecule has 0 aromatic carbocycles. The lowest BCUT2D eigenvalue weighted by Crippen LogP contribution is -2.41. The first-order valence-corrected chi connectivity index (χ1v) is 14.6. The molecule has 0 aliphatic carbocycles. The third-order valence-corrected chi connectivity index (χ3v) is 6.77. The molecule has 164 valence electrons. The van der Waals surface area contributed by atoms with Crippen LogP contribution in [0, 0.1) is 17.8 Å². The normalized spacial score (nSPS) is 13.6. The number of allylic oxidation sites excluding steroid dienone is 1. The van der Waals surface area contributed by atoms with E-state index >= 15 is 0 Å². The van der Waals surface area contributed by atoms with E-state index in [1.54, 1.807) is 0 Å². The quantitative estimate of drug-likeness (QED) is 0.138. The molecule has 28 heavy (non-hydrogen) atoms. The van der Waals surface area contributed by atoms with E-state index in [0.29, 0.717) is 5.92 Å². The van der Waals surface area contributed by atoms with E-state index in [0.717, 1.165) is 31.4 Å². The summed E-state index contributed by atoms with van der Waals surface area (Å²) in [7, 11) is -2.16. The van der Waals surface area contributed by atoms with Crippen LogP contribution < -0.4 is 0 Å². The van der Waals surface area contributed by atoms with Gasteiger partial charge in [-0.05, 0) is 44.4 Å². The van der Waals surface area contributed by atoms with Gasteiger partial charge in [0.2, 0.25) is 0 Å². The van der Waals surface area contributed by atoms with E-state index in [1.807, 2.05) is 6.92 Å². The topological polar surface area (TPSA) is 18.5 Å². The lowest BCUT2D eigenvalue weighted by Gasteiger charge is -2.29. The Morgan fingerprint density at radius 1 is 0.893 bits per heavy atom. The first-order valence-electron chi connectivity index (χ1n) is 11.8. The van der Waals surface area contributed by atoms with Gasteiger partial charge in [0, 0.05) is 6.61 Å². The van der Waals surface area contributed by atoms with Crippen molar-refractivity contribution in [2.24, 2.45) is 5.92 Å². The molecule has 3 heteroatoms. The summed E-state index contributed by atoms with van der Waals surface area (Å²) in [6.45, 7) is 17.7. The predicted octanol–water partition coefficient (Wildman–Crippen LogP) is 8.03. The molecule has 0 radical (unpaired) electrons. The molecule has 0 bridgehead atoms. The van der Waals surface area contributed by atoms with E-state index in [1.165, 1.54) is 57.8 Å². The van der Waals surface area contributed by atoms with E-state index in [9.17, 15) is 0 Å². The zero-order valence-electron chi connectivity index (χ0n) is 19.9. The van der Waals surface area contributed by atoms with Crippen LogP contribution in [0.4, 0.5) is 0 Å². The molecule has 0 saturated heterocycles. The zero-order chi connectivity index (χ0) is 21.3. The van der Waals surface area contributed by atoms with Crippen LogP contribution in [0.2, 0.25) is 13.1 Å². The first-order chi connectivity index (χ1) is 13.3. The van der Waals surface area contributed by atoms with Gasteiger partial charge in [-0.2, -0.15) is 0 Å². The molecule has 0 rings (SSSR count). The Morgan fingerprint density at radius 3 is 1.93 bits per heavy atom. The molecule has 0 spiro atoms. The Balaban J connectivity index is 4.06. The van der Waals surface area contributed by atoms with Crippen LogP contribution in [0.25, 0.3) is 0 Å². The SMILES string of the molecule is C=C(C)C#CC(O[Si](C)(C)OCCCCCCCCCCCC)C(C)CCC. The predicted molar refractivity (Wildman–Crippen MR) is 127 cm³/mol. The summed E-state index contributed by atoms with van der Waals surface area (Å²) in [6, 6.07) is 0. The molecule has 2 atom stereocenters. The molecule has 2 nitrogen and oxygen atoms in total. The van der Waals surface area contributed by atoms with Gasteiger partial charge in [-0.3, -0.25) is 0 Å². The van der Waals surface area contributed by atoms with Gasteiger partial charge in [0.25, 0.3) is 0 Å². The lowest BCUT2D eigenvalue weighted by molar-refractivity contribution is 0.115. The standard InChI is InChI=1S/C25H48O2Si/c1-8-10-11-12-13-14-15-16-17-18-22-26-28(6,7)27-25(21-20-23(3)4)24(5)19-9-2/h24-25H,3,8-19,22H2,1-2,4-7H3. The molecule has 0 amide bonds. The summed E-state index contributed by atoms with van der Waals surface area (Å²) in [5.41, 5.74) is 0.892. The Morgan fingerprint density at radius 2 is 1.43 bits per heavy atom. The third kappa shape index (κ3) is 16.4. The van der Waals surface area contributed by atoms with Crippen LogP contribution >= 0.6 is 0 Å². The van der Waals surface area contributed by atoms with Crippen molar-refractivity contribution in [1.82, 2.24) is 0 Å². The van der Waals surface area contributed by atoms with Crippen LogP contribution in [0.3, 0.4) is 0 Å². The first kappa shape index (κ1) is 27.4. The van der Waals surface area contributed by atoms with Crippen LogP contribution in [0.15, 0.2) is 12.2 Å². The van der Waals surface area contributed by atoms with Crippen molar-refractivity contribution in [2.45, 2.75) is 124 Å². The fraction of sp³-hybridized carbons (Fsp3) is 0.840. The van der Waals surface area contributed by atoms with Crippen molar-refractivity contribution in [3.63, 3.8) is 0 Å². The molecule has 0 aromatic heterocycles. The molecule has 2 unspecified atom stereocenters. The summed E-state index contributed by atoms with van der Waals surface area (Å²) in [6.07, 6.45) is 15.7. The van der Waals surface area contributed by atoms with E-state index in [2.05, 4.69) is 52.3 Å². The smallest absolute Gasteiger partial charge is 0.332 e. The number of hydrogen-bond donors (Lipinski definition) is 0. The minimum Gasteiger partial charge on any atom is -0.394 e. The minimum absolute atomic E-state index is 0.0500. The van der Waals surface area contributed by atoms with Crippen LogP contribution in [0.1, 0.15) is 105 Å². The summed E-state index contributed by atoms with van der Waals surface area (Å²) < 4.78 is 12.6. The maximum Gasteiger partial charge on any atom is 0.332 e. The zero-order valence-corrected chi connectivity index (χ0v) is 20.9. The molecule has 0 aliphatic heterocycles. The Labute approximate surface area is 178 Å². The molecule has 0 aliphatic rings. The highest BCUT2D eigenvalue weighted by Crippen LogP contribution is 2.20. The third-order valence-electron chi connectivity index (χ3n) is 5.05. The second kappa shape index (κ2) is 17.3. The number of hydrogen-bond acceptors (Lipinski definition) is 2. The lowest BCUT2D eigenvalue weighted by atomic mass is 10.00. The fourth-order valence-corrected chi connectivity index (χ4v) is 4.94. The van der Waals surface area contributed by atoms with Crippen molar-refractivity contribution in [3.05, 3.63) is 12.2 Å². The second-order valence-corrected chi connectivity index (χ2v) is 12.1. The highest BCUT2D eigenvalue weighted by atomic mass is 28.4. The summed E-state index contributed by atoms with van der Waals surface area (Å²) >= 11 is 0. The number of unbranched alkanes of at least 4 members (excludes halogenated alkanes) is 9. The minimum atomic E-state index is -2.16. The Hall–Kier alpha value is -0.563. The van der Waals surface area contributed by atoms with Gasteiger partial charge in [0.15, 0.2) is 0 Å². The fourth-order valence-electron chi connectivity index (χ4n) is 3.34. The van der Waals surface area contributed by atoms with Gasteiger partial charge in [0.1, 0.15) is 6.10 Å². The van der Waals surface area contributed by atoms with Gasteiger partial charge in [0.05, 0.1) is 0 Å². The van der Waals surface area contributed by atoms with Crippen LogP contribution in [0.5, 0.6) is 0 Å². The van der Waals surface area contributed by atoms with Gasteiger partial charge >= 0.3 is 8.56 Å². The monoisotopic (exact) mass is 408 g/mol. The molecule has 0 heterocycles. The second-order valence-electron chi connectivity index (χ2n) is 8.78. The average molecular weight is 409 g/mol. The van der Waals surface area contributed by atoms with Crippen molar-refractivity contribution in [3.8, 4) is 11.8 Å². The molecule has 0 saturated carbocycles. The maximum absolute atomic E-state index is 6.40. The maximum atomic E-state index is 6.40. The van der Waals surface area contributed by atoms with Crippen molar-refractivity contribution < 1.29 is 8.85 Å². The van der Waals surface area contributed by atoms with Gasteiger partial charge < -0.3 is 8.85 Å². The van der Waals surface area contributed by atoms with Crippen molar-refractivity contribution in [2.75, 3.05) is 6.61 Å². The Kier molecular flexibility index (Phi) is 17.0. The van der Waals surface area contributed by atoms with E-state index in [-0.39, 0.29) is 6.10 Å². The summed E-state index contributed by atoms with van der Waals surface area (Å²) in [4.78, 5) is 0. The van der Waals surface area contributed by atoms with Gasteiger partial charge in [-0.1, -0.05) is 103 Å². The summed E-state index contributed by atoms with van der Waals surface area (Å²) in [5, 5.41) is 0. The molecular formula is C25H48O2Si. The van der Waals surface area contributed by atoms with E-state index < -0.39 is 8.56 Å². The molecule has 0 aromatic rings. The van der Waals surface area contributed by atoms with E-state index in [4.69, 9.17) is 8.85 Å². The van der Waals surface area contributed by atoms with Gasteiger partial charge in [-0.25, -0.2) is 0 Å². The van der Waals surface area contributed by atoms with Crippen molar-refractivity contribution >= 4 is 8.56 Å². The molecule has 0 fully saturated rings. The van der Waals surface area contributed by atoms with Gasteiger partial charge in [-0.15, -0.1) is 0 Å². The van der Waals surface area contributed by atoms with Crippen LogP contribution in [-0.2, 0) is 8.85 Å². The molecular weight excluding hydrogens is 360 g/mol. The molecule has 0 N–H and O–H groups in total. The highest BCUT2D eigenvalue weighted by molar-refractivity contribution is 6.64.